The topological polar surface area (TPSA) is 89.1 Å². The molecule has 1 aliphatic carbocycles. The van der Waals surface area contributed by atoms with Gasteiger partial charge in [0.2, 0.25) is 0 Å². The van der Waals surface area contributed by atoms with Crippen LogP contribution in [0.25, 0.3) is 0 Å². The number of rotatable bonds is 9. The van der Waals surface area contributed by atoms with Gasteiger partial charge in [0, 0.05) is 13.0 Å². The van der Waals surface area contributed by atoms with Gasteiger partial charge in [-0.3, -0.25) is 4.84 Å². The second-order valence-electron chi connectivity index (χ2n) is 7.28. The molecule has 1 amide bonds. The molecular weight excluding hydrogens is 348 g/mol. The van der Waals surface area contributed by atoms with Gasteiger partial charge >= 0.3 is 6.09 Å². The van der Waals surface area contributed by atoms with Crippen LogP contribution in [0, 0.1) is 0 Å². The van der Waals surface area contributed by atoms with E-state index in [1.54, 1.807) is 0 Å². The van der Waals surface area contributed by atoms with Gasteiger partial charge in [-0.1, -0.05) is 43.2 Å². The van der Waals surface area contributed by atoms with Crippen molar-refractivity contribution in [2.45, 2.75) is 62.9 Å². The molecule has 150 valence electrons. The fourth-order valence-electron chi connectivity index (χ4n) is 3.44. The van der Waals surface area contributed by atoms with Crippen LogP contribution >= 0.6 is 0 Å². The molecule has 7 nitrogen and oxygen atoms in total. The Balaban J connectivity index is 1.48. The molecule has 1 saturated heterocycles. The Morgan fingerprint density at radius 2 is 1.96 bits per heavy atom. The van der Waals surface area contributed by atoms with Crippen molar-refractivity contribution in [3.8, 4) is 0 Å². The highest BCUT2D eigenvalue weighted by molar-refractivity contribution is 5.67. The smallest absolute Gasteiger partial charge is 0.407 e. The molecule has 2 aliphatic rings. The monoisotopic (exact) mass is 378 g/mol. The predicted octanol–water partition coefficient (Wildman–Crippen LogP) is 1.94. The quantitative estimate of drug-likeness (QED) is 0.569. The van der Waals surface area contributed by atoms with E-state index >= 15 is 0 Å². The van der Waals surface area contributed by atoms with Crippen LogP contribution in [-0.4, -0.2) is 55.3 Å². The summed E-state index contributed by atoms with van der Waals surface area (Å²) in [5.74, 6) is 0. The van der Waals surface area contributed by atoms with Crippen molar-refractivity contribution in [2.75, 3.05) is 19.8 Å². The summed E-state index contributed by atoms with van der Waals surface area (Å²) in [6.45, 7) is 1.14. The van der Waals surface area contributed by atoms with Crippen LogP contribution < -0.4 is 10.8 Å². The molecule has 1 aromatic carbocycles. The second-order valence-corrected chi connectivity index (χ2v) is 7.28. The van der Waals surface area contributed by atoms with E-state index in [9.17, 15) is 9.90 Å². The maximum atomic E-state index is 11.9. The average Bonchev–Trinajstić information content (AvgIpc) is 3.38. The molecule has 7 heteroatoms. The van der Waals surface area contributed by atoms with E-state index in [1.165, 1.54) is 12.8 Å². The van der Waals surface area contributed by atoms with Crippen LogP contribution in [0.1, 0.15) is 37.7 Å². The molecule has 3 atom stereocenters. The molecule has 0 spiro atoms. The van der Waals surface area contributed by atoms with Crippen LogP contribution in [0.3, 0.4) is 0 Å². The van der Waals surface area contributed by atoms with E-state index in [4.69, 9.17) is 14.3 Å². The second kappa shape index (κ2) is 10.6. The number of hydroxylamine groups is 1. The van der Waals surface area contributed by atoms with E-state index < -0.39 is 12.2 Å². The predicted molar refractivity (Wildman–Crippen MR) is 100 cm³/mol. The third-order valence-electron chi connectivity index (χ3n) is 5.07. The summed E-state index contributed by atoms with van der Waals surface area (Å²) in [6.07, 6.45) is 4.39. The van der Waals surface area contributed by atoms with E-state index in [0.717, 1.165) is 18.4 Å². The molecular formula is C20H30N2O5. The summed E-state index contributed by atoms with van der Waals surface area (Å²) in [5, 5.41) is 13.3. The van der Waals surface area contributed by atoms with Gasteiger partial charge in [0.05, 0.1) is 31.5 Å². The molecule has 0 bridgehead atoms. The number of ether oxygens (including phenoxy) is 2. The summed E-state index contributed by atoms with van der Waals surface area (Å²) in [6, 6.07) is 9.59. The minimum atomic E-state index is -0.806. The number of carbonyl (C=O) groups excluding carboxylic acids is 1. The number of aliphatic hydroxyl groups excluding tert-OH is 1. The zero-order valence-electron chi connectivity index (χ0n) is 15.6. The fourth-order valence-corrected chi connectivity index (χ4v) is 3.44. The number of nitrogens with one attached hydrogen (secondary N) is 2. The number of carbonyl (C=O) groups is 1. The fraction of sp³-hybridized carbons (Fsp3) is 0.650. The standard InChI is InChI=1S/C20H30N2O5/c23-19(13-21-20(24)26-17-10-11-25-14-17)18(12-15-6-2-1-3-7-15)22-27-16-8-4-5-9-16/h1-3,6-7,16-19,22-23H,4-5,8-14H2,(H,21,24)/t17-,18?,19+/m0/s1. The van der Waals surface area contributed by atoms with Crippen molar-refractivity contribution in [3.05, 3.63) is 35.9 Å². The molecule has 3 N–H and O–H groups in total. The summed E-state index contributed by atoms with van der Waals surface area (Å²) in [4.78, 5) is 17.7. The molecule has 1 heterocycles. The minimum absolute atomic E-state index is 0.0882. The highest BCUT2D eigenvalue weighted by Crippen LogP contribution is 2.20. The molecule has 1 aliphatic heterocycles. The first-order valence-electron chi connectivity index (χ1n) is 9.86. The minimum Gasteiger partial charge on any atom is -0.444 e. The van der Waals surface area contributed by atoms with Gasteiger partial charge in [0.1, 0.15) is 6.10 Å². The van der Waals surface area contributed by atoms with Gasteiger partial charge in [-0.05, 0) is 24.8 Å². The van der Waals surface area contributed by atoms with Crippen molar-refractivity contribution < 1.29 is 24.2 Å². The Kier molecular flexibility index (Phi) is 7.89. The van der Waals surface area contributed by atoms with Crippen LogP contribution in [0.5, 0.6) is 0 Å². The van der Waals surface area contributed by atoms with Gasteiger partial charge in [0.15, 0.2) is 0 Å². The van der Waals surface area contributed by atoms with Gasteiger partial charge < -0.3 is 19.9 Å². The molecule has 0 radical (unpaired) electrons. The number of amides is 1. The van der Waals surface area contributed by atoms with Crippen molar-refractivity contribution >= 4 is 6.09 Å². The van der Waals surface area contributed by atoms with Crippen molar-refractivity contribution in [3.63, 3.8) is 0 Å². The number of benzene rings is 1. The largest absolute Gasteiger partial charge is 0.444 e. The first-order chi connectivity index (χ1) is 13.2. The average molecular weight is 378 g/mol. The summed E-state index contributed by atoms with van der Waals surface area (Å²) in [7, 11) is 0. The van der Waals surface area contributed by atoms with Gasteiger partial charge in [-0.2, -0.15) is 5.48 Å². The molecule has 1 aromatic rings. The number of alkyl carbamates (subject to hydrolysis) is 1. The van der Waals surface area contributed by atoms with Crippen molar-refractivity contribution in [2.24, 2.45) is 0 Å². The van der Waals surface area contributed by atoms with E-state index in [2.05, 4.69) is 10.8 Å². The van der Waals surface area contributed by atoms with Crippen LogP contribution in [-0.2, 0) is 20.7 Å². The Labute approximate surface area is 160 Å². The Morgan fingerprint density at radius 3 is 2.67 bits per heavy atom. The SMILES string of the molecule is O=C(NC[C@@H](O)C(Cc1ccccc1)NOC1CCCC1)O[C@H]1CCOC1. The molecule has 1 unspecified atom stereocenters. The first kappa shape index (κ1) is 20.1. The zero-order chi connectivity index (χ0) is 18.9. The van der Waals surface area contributed by atoms with E-state index in [-0.39, 0.29) is 24.8 Å². The van der Waals surface area contributed by atoms with Crippen molar-refractivity contribution in [1.82, 2.24) is 10.8 Å². The molecule has 0 aromatic heterocycles. The zero-order valence-corrected chi connectivity index (χ0v) is 15.6. The van der Waals surface area contributed by atoms with Crippen LogP contribution in [0.2, 0.25) is 0 Å². The molecule has 27 heavy (non-hydrogen) atoms. The molecule has 1 saturated carbocycles. The lowest BCUT2D eigenvalue weighted by Crippen LogP contribution is -2.48. The van der Waals surface area contributed by atoms with E-state index in [0.29, 0.717) is 26.1 Å². The van der Waals surface area contributed by atoms with Crippen LogP contribution in [0.4, 0.5) is 4.79 Å². The molecule has 3 rings (SSSR count). The lowest BCUT2D eigenvalue weighted by molar-refractivity contribution is -0.0643. The highest BCUT2D eigenvalue weighted by atomic mass is 16.7. The summed E-state index contributed by atoms with van der Waals surface area (Å²) >= 11 is 0. The summed E-state index contributed by atoms with van der Waals surface area (Å²) in [5.41, 5.74) is 4.14. The van der Waals surface area contributed by atoms with Crippen molar-refractivity contribution in [1.29, 1.82) is 0 Å². The number of hydrogen-bond donors (Lipinski definition) is 3. The maximum Gasteiger partial charge on any atom is 0.407 e. The molecule has 2 fully saturated rings. The summed E-state index contributed by atoms with van der Waals surface area (Å²) < 4.78 is 10.5. The third-order valence-corrected chi connectivity index (χ3v) is 5.07. The van der Waals surface area contributed by atoms with Gasteiger partial charge in [-0.25, -0.2) is 4.79 Å². The van der Waals surface area contributed by atoms with Gasteiger partial charge in [0.25, 0.3) is 0 Å². The van der Waals surface area contributed by atoms with Gasteiger partial charge in [-0.15, -0.1) is 0 Å². The highest BCUT2D eigenvalue weighted by Gasteiger charge is 2.25. The number of hydrogen-bond acceptors (Lipinski definition) is 6. The Hall–Kier alpha value is -1.67. The third kappa shape index (κ3) is 6.77. The van der Waals surface area contributed by atoms with Crippen LogP contribution in [0.15, 0.2) is 30.3 Å². The normalized spacial score (nSPS) is 22.5. The Bertz CT molecular complexity index is 559. The number of aliphatic hydroxyl groups is 1. The lowest BCUT2D eigenvalue weighted by Gasteiger charge is -2.26. The lowest BCUT2D eigenvalue weighted by atomic mass is 10.0. The Morgan fingerprint density at radius 1 is 1.19 bits per heavy atom. The van der Waals surface area contributed by atoms with E-state index in [1.807, 2.05) is 30.3 Å². The first-order valence-corrected chi connectivity index (χ1v) is 9.86. The maximum absolute atomic E-state index is 11.9.